The van der Waals surface area contributed by atoms with Gasteiger partial charge in [-0.05, 0) is 38.6 Å². The zero-order valence-corrected chi connectivity index (χ0v) is 12.6. The third-order valence-electron chi connectivity index (χ3n) is 3.31. The summed E-state index contributed by atoms with van der Waals surface area (Å²) in [5.41, 5.74) is 1.07. The number of hydrogen-bond donors (Lipinski definition) is 0. The minimum atomic E-state index is 0.136. The summed E-state index contributed by atoms with van der Waals surface area (Å²) in [6.45, 7) is 12.9. The lowest BCUT2D eigenvalue weighted by Crippen LogP contribution is -2.32. The van der Waals surface area contributed by atoms with Crippen LogP contribution in [-0.2, 0) is 4.79 Å². The number of likely N-dealkylation sites (N-methyl/N-ethyl adjacent to an activating group) is 1. The van der Waals surface area contributed by atoms with Gasteiger partial charge in [0.15, 0.2) is 0 Å². The molecule has 1 heterocycles. The second-order valence-corrected chi connectivity index (χ2v) is 6.25. The van der Waals surface area contributed by atoms with Crippen LogP contribution in [0.2, 0.25) is 0 Å². The second kappa shape index (κ2) is 6.93. The molecular weight excluding hydrogens is 224 g/mol. The lowest BCUT2D eigenvalue weighted by molar-refractivity contribution is -0.125. The third-order valence-corrected chi connectivity index (χ3v) is 3.31. The van der Waals surface area contributed by atoms with Crippen molar-refractivity contribution < 1.29 is 4.79 Å². The summed E-state index contributed by atoms with van der Waals surface area (Å²) < 4.78 is 0. The minimum Gasteiger partial charge on any atom is -0.342 e. The summed E-state index contributed by atoms with van der Waals surface area (Å²) >= 11 is 0. The SMILES string of the molecule is CC(C)=CC(=O)N(C)C[C@H]1CCN(CC(C)C)C1. The second-order valence-electron chi connectivity index (χ2n) is 6.25. The summed E-state index contributed by atoms with van der Waals surface area (Å²) in [5, 5.41) is 0. The molecule has 1 saturated heterocycles. The van der Waals surface area contributed by atoms with Crippen LogP contribution in [0.25, 0.3) is 0 Å². The van der Waals surface area contributed by atoms with E-state index in [-0.39, 0.29) is 5.91 Å². The molecule has 0 aromatic carbocycles. The molecule has 0 unspecified atom stereocenters. The maximum Gasteiger partial charge on any atom is 0.246 e. The van der Waals surface area contributed by atoms with Gasteiger partial charge in [-0.2, -0.15) is 0 Å². The van der Waals surface area contributed by atoms with E-state index in [2.05, 4.69) is 18.7 Å². The van der Waals surface area contributed by atoms with Gasteiger partial charge in [0.2, 0.25) is 5.91 Å². The van der Waals surface area contributed by atoms with Gasteiger partial charge in [-0.1, -0.05) is 19.4 Å². The van der Waals surface area contributed by atoms with Gasteiger partial charge in [0.1, 0.15) is 0 Å². The van der Waals surface area contributed by atoms with E-state index in [1.807, 2.05) is 25.8 Å². The first-order valence-electron chi connectivity index (χ1n) is 7.00. The van der Waals surface area contributed by atoms with Crippen molar-refractivity contribution in [1.82, 2.24) is 9.80 Å². The van der Waals surface area contributed by atoms with E-state index in [0.717, 1.165) is 24.6 Å². The fraction of sp³-hybridized carbons (Fsp3) is 0.800. The maximum atomic E-state index is 11.8. The first-order valence-corrected chi connectivity index (χ1v) is 7.00. The summed E-state index contributed by atoms with van der Waals surface area (Å²) in [5.74, 6) is 1.51. The number of likely N-dealkylation sites (tertiary alicyclic amines) is 1. The number of allylic oxidation sites excluding steroid dienone is 1. The minimum absolute atomic E-state index is 0.136. The van der Waals surface area contributed by atoms with E-state index in [1.54, 1.807) is 6.08 Å². The lowest BCUT2D eigenvalue weighted by atomic mass is 10.1. The van der Waals surface area contributed by atoms with Crippen molar-refractivity contribution in [2.24, 2.45) is 11.8 Å². The van der Waals surface area contributed by atoms with Crippen molar-refractivity contribution in [2.45, 2.75) is 34.1 Å². The first-order chi connectivity index (χ1) is 8.38. The first kappa shape index (κ1) is 15.2. The molecule has 0 saturated carbocycles. The molecule has 1 amide bonds. The van der Waals surface area contributed by atoms with Crippen LogP contribution in [0.1, 0.15) is 34.1 Å². The molecule has 0 radical (unpaired) electrons. The molecule has 3 heteroatoms. The van der Waals surface area contributed by atoms with Crippen LogP contribution in [0.5, 0.6) is 0 Å². The average molecular weight is 252 g/mol. The van der Waals surface area contributed by atoms with Crippen LogP contribution >= 0.6 is 0 Å². The average Bonchev–Trinajstić information content (AvgIpc) is 2.63. The van der Waals surface area contributed by atoms with Gasteiger partial charge in [-0.25, -0.2) is 0 Å². The van der Waals surface area contributed by atoms with Crippen LogP contribution in [0.15, 0.2) is 11.6 Å². The Labute approximate surface area is 112 Å². The van der Waals surface area contributed by atoms with Gasteiger partial charge in [-0.3, -0.25) is 4.79 Å². The van der Waals surface area contributed by atoms with Crippen molar-refractivity contribution in [3.8, 4) is 0 Å². The van der Waals surface area contributed by atoms with Gasteiger partial charge >= 0.3 is 0 Å². The predicted molar refractivity (Wildman–Crippen MR) is 76.5 cm³/mol. The number of carbonyl (C=O) groups is 1. The van der Waals surface area contributed by atoms with Gasteiger partial charge < -0.3 is 9.80 Å². The Balaban J connectivity index is 2.36. The molecule has 0 bridgehead atoms. The quantitative estimate of drug-likeness (QED) is 0.701. The molecule has 1 atom stereocenters. The Kier molecular flexibility index (Phi) is 5.86. The van der Waals surface area contributed by atoms with E-state index in [1.165, 1.54) is 19.5 Å². The zero-order chi connectivity index (χ0) is 13.7. The summed E-state index contributed by atoms with van der Waals surface area (Å²) in [6.07, 6.45) is 2.94. The Morgan fingerprint density at radius 3 is 2.67 bits per heavy atom. The molecule has 104 valence electrons. The summed E-state index contributed by atoms with van der Waals surface area (Å²) in [7, 11) is 1.91. The van der Waals surface area contributed by atoms with E-state index in [0.29, 0.717) is 5.92 Å². The number of nitrogens with zero attached hydrogens (tertiary/aromatic N) is 2. The zero-order valence-electron chi connectivity index (χ0n) is 12.6. The van der Waals surface area contributed by atoms with Gasteiger partial charge in [0.25, 0.3) is 0 Å². The Hall–Kier alpha value is -0.830. The molecular formula is C15H28N2O. The van der Waals surface area contributed by atoms with Crippen molar-refractivity contribution in [3.63, 3.8) is 0 Å². The topological polar surface area (TPSA) is 23.6 Å². The molecule has 0 N–H and O–H groups in total. The summed E-state index contributed by atoms with van der Waals surface area (Å²) in [4.78, 5) is 16.2. The molecule has 18 heavy (non-hydrogen) atoms. The van der Waals surface area contributed by atoms with Crippen LogP contribution in [-0.4, -0.2) is 48.9 Å². The number of carbonyl (C=O) groups excluding carboxylic acids is 1. The fourth-order valence-electron chi connectivity index (χ4n) is 2.58. The van der Waals surface area contributed by atoms with Crippen LogP contribution in [0.3, 0.4) is 0 Å². The fourth-order valence-corrected chi connectivity index (χ4v) is 2.58. The van der Waals surface area contributed by atoms with E-state index in [9.17, 15) is 4.79 Å². The standard InChI is InChI=1S/C15H28N2O/c1-12(2)8-15(18)16(5)10-14-6-7-17(11-14)9-13(3)4/h8,13-14H,6-7,9-11H2,1-5H3/t14-/m1/s1. The molecule has 0 spiro atoms. The molecule has 0 aromatic heterocycles. The van der Waals surface area contributed by atoms with Gasteiger partial charge in [0, 0.05) is 32.8 Å². The number of hydrogen-bond acceptors (Lipinski definition) is 2. The monoisotopic (exact) mass is 252 g/mol. The number of amides is 1. The third kappa shape index (κ3) is 5.21. The molecule has 3 nitrogen and oxygen atoms in total. The Morgan fingerprint density at radius 1 is 1.44 bits per heavy atom. The largest absolute Gasteiger partial charge is 0.342 e. The highest BCUT2D eigenvalue weighted by Crippen LogP contribution is 2.18. The normalized spacial score (nSPS) is 20.2. The Bertz CT molecular complexity index is 306. The Morgan fingerprint density at radius 2 is 2.11 bits per heavy atom. The maximum absolute atomic E-state index is 11.8. The highest BCUT2D eigenvalue weighted by molar-refractivity contribution is 5.87. The van der Waals surface area contributed by atoms with Crippen molar-refractivity contribution >= 4 is 5.91 Å². The highest BCUT2D eigenvalue weighted by atomic mass is 16.2. The summed E-state index contributed by atoms with van der Waals surface area (Å²) in [6, 6.07) is 0. The van der Waals surface area contributed by atoms with Crippen molar-refractivity contribution in [3.05, 3.63) is 11.6 Å². The molecule has 1 fully saturated rings. The van der Waals surface area contributed by atoms with Gasteiger partial charge in [0.05, 0.1) is 0 Å². The van der Waals surface area contributed by atoms with Crippen LogP contribution in [0.4, 0.5) is 0 Å². The molecule has 0 aromatic rings. The van der Waals surface area contributed by atoms with E-state index >= 15 is 0 Å². The van der Waals surface area contributed by atoms with Gasteiger partial charge in [-0.15, -0.1) is 0 Å². The van der Waals surface area contributed by atoms with Crippen molar-refractivity contribution in [2.75, 3.05) is 33.2 Å². The lowest BCUT2D eigenvalue weighted by Gasteiger charge is -2.21. The van der Waals surface area contributed by atoms with Crippen molar-refractivity contribution in [1.29, 1.82) is 0 Å². The predicted octanol–water partition coefficient (Wildman–Crippen LogP) is 2.39. The molecule has 1 rings (SSSR count). The highest BCUT2D eigenvalue weighted by Gasteiger charge is 2.24. The number of rotatable bonds is 5. The van der Waals surface area contributed by atoms with Crippen LogP contribution < -0.4 is 0 Å². The smallest absolute Gasteiger partial charge is 0.246 e. The molecule has 1 aliphatic rings. The van der Waals surface area contributed by atoms with E-state index in [4.69, 9.17) is 0 Å². The van der Waals surface area contributed by atoms with Crippen LogP contribution in [0, 0.1) is 11.8 Å². The molecule has 0 aliphatic carbocycles. The molecule has 1 aliphatic heterocycles. The van der Waals surface area contributed by atoms with E-state index < -0.39 is 0 Å².